The second kappa shape index (κ2) is 5.75. The van der Waals surface area contributed by atoms with Crippen molar-refractivity contribution in [3.8, 4) is 0 Å². The van der Waals surface area contributed by atoms with Gasteiger partial charge in [-0.15, -0.1) is 0 Å². The van der Waals surface area contributed by atoms with Gasteiger partial charge in [-0.3, -0.25) is 0 Å². The van der Waals surface area contributed by atoms with E-state index in [2.05, 4.69) is 19.6 Å². The SMILES string of the molecule is C/C=C(/OCc1ccccc1)O[Si](C)(C)C. The molecule has 0 aromatic heterocycles. The molecule has 1 aromatic rings. The van der Waals surface area contributed by atoms with Gasteiger partial charge < -0.3 is 9.16 Å². The molecule has 2 nitrogen and oxygen atoms in total. The van der Waals surface area contributed by atoms with Crippen LogP contribution in [-0.2, 0) is 15.8 Å². The van der Waals surface area contributed by atoms with Crippen LogP contribution < -0.4 is 0 Å². The fourth-order valence-electron chi connectivity index (χ4n) is 1.20. The normalized spacial score (nSPS) is 12.4. The highest BCUT2D eigenvalue weighted by Crippen LogP contribution is 2.13. The Kier molecular flexibility index (Phi) is 4.62. The predicted molar refractivity (Wildman–Crippen MR) is 69.4 cm³/mol. The van der Waals surface area contributed by atoms with Crippen LogP contribution in [0.15, 0.2) is 42.4 Å². The summed E-state index contributed by atoms with van der Waals surface area (Å²) in [5, 5.41) is 0. The summed E-state index contributed by atoms with van der Waals surface area (Å²) in [6.07, 6.45) is 1.88. The van der Waals surface area contributed by atoms with Gasteiger partial charge in [0.05, 0.1) is 0 Å². The molecule has 0 radical (unpaired) electrons. The first-order valence-corrected chi connectivity index (χ1v) is 8.94. The lowest BCUT2D eigenvalue weighted by atomic mass is 10.2. The number of allylic oxidation sites excluding steroid dienone is 1. The number of rotatable bonds is 5. The van der Waals surface area contributed by atoms with E-state index in [1.807, 2.05) is 43.3 Å². The van der Waals surface area contributed by atoms with Crippen LogP contribution in [0.2, 0.25) is 19.6 Å². The van der Waals surface area contributed by atoms with E-state index in [-0.39, 0.29) is 0 Å². The minimum absolute atomic E-state index is 0.561. The summed E-state index contributed by atoms with van der Waals surface area (Å²) in [4.78, 5) is 0. The summed E-state index contributed by atoms with van der Waals surface area (Å²) in [6.45, 7) is 8.92. The standard InChI is InChI=1S/C13H20O2Si/c1-5-13(15-16(2,3)4)14-11-12-9-7-6-8-10-12/h5-10H,11H2,1-4H3/b13-5-. The van der Waals surface area contributed by atoms with Crippen molar-refractivity contribution in [2.24, 2.45) is 0 Å². The van der Waals surface area contributed by atoms with Crippen LogP contribution in [0.5, 0.6) is 0 Å². The zero-order valence-electron chi connectivity index (χ0n) is 10.5. The maximum Gasteiger partial charge on any atom is 0.261 e. The van der Waals surface area contributed by atoms with Crippen molar-refractivity contribution in [3.05, 3.63) is 47.9 Å². The summed E-state index contributed by atoms with van der Waals surface area (Å²) in [6, 6.07) is 10.1. The van der Waals surface area contributed by atoms with E-state index in [4.69, 9.17) is 9.16 Å². The van der Waals surface area contributed by atoms with Crippen molar-refractivity contribution in [2.75, 3.05) is 0 Å². The van der Waals surface area contributed by atoms with E-state index in [1.165, 1.54) is 0 Å². The molecule has 0 fully saturated rings. The van der Waals surface area contributed by atoms with Crippen LogP contribution in [0.25, 0.3) is 0 Å². The Morgan fingerprint density at radius 3 is 2.31 bits per heavy atom. The quantitative estimate of drug-likeness (QED) is 0.570. The monoisotopic (exact) mass is 236 g/mol. The minimum Gasteiger partial charge on any atom is -0.520 e. The number of benzene rings is 1. The lowest BCUT2D eigenvalue weighted by Gasteiger charge is -2.21. The Hall–Kier alpha value is -1.22. The second-order valence-electron chi connectivity index (χ2n) is 4.60. The van der Waals surface area contributed by atoms with Crippen LogP contribution >= 0.6 is 0 Å². The highest BCUT2D eigenvalue weighted by atomic mass is 28.4. The fraction of sp³-hybridized carbons (Fsp3) is 0.385. The number of ether oxygens (including phenoxy) is 1. The van der Waals surface area contributed by atoms with Crippen molar-refractivity contribution in [1.82, 2.24) is 0 Å². The van der Waals surface area contributed by atoms with Gasteiger partial charge in [-0.1, -0.05) is 30.3 Å². The molecule has 88 valence electrons. The van der Waals surface area contributed by atoms with Crippen LogP contribution in [0, 0.1) is 0 Å². The minimum atomic E-state index is -1.57. The molecule has 0 bridgehead atoms. The van der Waals surface area contributed by atoms with Gasteiger partial charge in [-0.2, -0.15) is 0 Å². The Balaban J connectivity index is 2.48. The average molecular weight is 236 g/mol. The maximum absolute atomic E-state index is 5.79. The molecular weight excluding hydrogens is 216 g/mol. The molecule has 0 aliphatic heterocycles. The molecule has 0 saturated carbocycles. The molecule has 0 heterocycles. The van der Waals surface area contributed by atoms with Crippen LogP contribution in [0.1, 0.15) is 12.5 Å². The van der Waals surface area contributed by atoms with Gasteiger partial charge in [0.1, 0.15) is 6.61 Å². The summed E-state index contributed by atoms with van der Waals surface area (Å²) in [5.74, 6) is 0.642. The van der Waals surface area contributed by atoms with E-state index in [0.717, 1.165) is 5.56 Å². The molecule has 1 aromatic carbocycles. The molecule has 0 spiro atoms. The molecule has 0 N–H and O–H groups in total. The number of hydrogen-bond acceptors (Lipinski definition) is 2. The molecule has 1 rings (SSSR count). The van der Waals surface area contributed by atoms with Gasteiger partial charge in [0.25, 0.3) is 5.95 Å². The smallest absolute Gasteiger partial charge is 0.261 e. The second-order valence-corrected chi connectivity index (χ2v) is 9.03. The van der Waals surface area contributed by atoms with E-state index < -0.39 is 8.32 Å². The third-order valence-corrected chi connectivity index (χ3v) is 2.68. The molecule has 0 saturated heterocycles. The van der Waals surface area contributed by atoms with E-state index in [0.29, 0.717) is 12.6 Å². The van der Waals surface area contributed by atoms with Crippen LogP contribution in [-0.4, -0.2) is 8.32 Å². The van der Waals surface area contributed by atoms with Crippen LogP contribution in [0.4, 0.5) is 0 Å². The first-order chi connectivity index (χ1) is 7.51. The third kappa shape index (κ3) is 5.03. The zero-order chi connectivity index (χ0) is 12.0. The van der Waals surface area contributed by atoms with Gasteiger partial charge in [0.15, 0.2) is 0 Å². The Morgan fingerprint density at radius 2 is 1.81 bits per heavy atom. The summed E-state index contributed by atoms with van der Waals surface area (Å²) >= 11 is 0. The van der Waals surface area contributed by atoms with Crippen LogP contribution in [0.3, 0.4) is 0 Å². The first kappa shape index (κ1) is 12.8. The maximum atomic E-state index is 5.79. The highest BCUT2D eigenvalue weighted by molar-refractivity contribution is 6.69. The summed E-state index contributed by atoms with van der Waals surface area (Å²) in [7, 11) is -1.57. The predicted octanol–water partition coefficient (Wildman–Crippen LogP) is 3.92. The van der Waals surface area contributed by atoms with Crippen molar-refractivity contribution >= 4 is 8.32 Å². The third-order valence-electron chi connectivity index (χ3n) is 1.87. The van der Waals surface area contributed by atoms with Gasteiger partial charge in [0, 0.05) is 0 Å². The van der Waals surface area contributed by atoms with E-state index >= 15 is 0 Å². The van der Waals surface area contributed by atoms with Gasteiger partial charge in [0.2, 0.25) is 8.32 Å². The Bertz CT molecular complexity index is 339. The van der Waals surface area contributed by atoms with Gasteiger partial charge in [-0.25, -0.2) is 0 Å². The Morgan fingerprint density at radius 1 is 1.19 bits per heavy atom. The van der Waals surface area contributed by atoms with Crippen molar-refractivity contribution in [2.45, 2.75) is 33.2 Å². The lowest BCUT2D eigenvalue weighted by Crippen LogP contribution is -2.25. The van der Waals surface area contributed by atoms with Crippen molar-refractivity contribution in [1.29, 1.82) is 0 Å². The fourth-order valence-corrected chi connectivity index (χ4v) is 1.98. The van der Waals surface area contributed by atoms with E-state index in [9.17, 15) is 0 Å². The largest absolute Gasteiger partial charge is 0.520 e. The molecule has 0 aliphatic carbocycles. The van der Waals surface area contributed by atoms with Gasteiger partial charge in [-0.05, 0) is 38.2 Å². The zero-order valence-corrected chi connectivity index (χ0v) is 11.5. The molecule has 0 aliphatic rings. The molecular formula is C13H20O2Si. The molecule has 3 heteroatoms. The summed E-state index contributed by atoms with van der Waals surface area (Å²) in [5.41, 5.74) is 1.15. The number of hydrogen-bond donors (Lipinski definition) is 0. The highest BCUT2D eigenvalue weighted by Gasteiger charge is 2.18. The topological polar surface area (TPSA) is 18.5 Å². The molecule has 16 heavy (non-hydrogen) atoms. The molecule has 0 atom stereocenters. The van der Waals surface area contributed by atoms with Crippen molar-refractivity contribution in [3.63, 3.8) is 0 Å². The first-order valence-electron chi connectivity index (χ1n) is 5.53. The lowest BCUT2D eigenvalue weighted by molar-refractivity contribution is 0.0914. The van der Waals surface area contributed by atoms with E-state index in [1.54, 1.807) is 0 Å². The summed E-state index contributed by atoms with van der Waals surface area (Å²) < 4.78 is 11.4. The molecule has 0 amide bonds. The van der Waals surface area contributed by atoms with Gasteiger partial charge >= 0.3 is 0 Å². The van der Waals surface area contributed by atoms with Crippen molar-refractivity contribution < 1.29 is 9.16 Å². The average Bonchev–Trinajstić information content (AvgIpc) is 2.24. The Labute approximate surface area is 99.0 Å². The molecule has 0 unspecified atom stereocenters.